The van der Waals surface area contributed by atoms with Gasteiger partial charge < -0.3 is 4.90 Å². The third-order valence-electron chi connectivity index (χ3n) is 3.50. The predicted octanol–water partition coefficient (Wildman–Crippen LogP) is 2.99. The Labute approximate surface area is 140 Å². The lowest BCUT2D eigenvalue weighted by molar-refractivity contribution is 0.201. The first-order valence-corrected chi connectivity index (χ1v) is 9.04. The summed E-state index contributed by atoms with van der Waals surface area (Å²) in [6, 6.07) is 5.79. The van der Waals surface area contributed by atoms with E-state index in [0.29, 0.717) is 18.7 Å². The molecule has 0 fully saturated rings. The van der Waals surface area contributed by atoms with Gasteiger partial charge in [0.15, 0.2) is 5.03 Å². The Hall–Kier alpha value is -1.86. The molecule has 6 nitrogen and oxygen atoms in total. The van der Waals surface area contributed by atoms with Crippen LogP contribution in [0.5, 0.6) is 0 Å². The Morgan fingerprint density at radius 1 is 1.26 bits per heavy atom. The molecule has 0 bridgehead atoms. The normalized spacial score (nSPS) is 11.5. The summed E-state index contributed by atoms with van der Waals surface area (Å²) in [5.41, 5.74) is 0.530. The van der Waals surface area contributed by atoms with E-state index in [2.05, 4.69) is 5.10 Å². The van der Waals surface area contributed by atoms with Crippen LogP contribution in [0.25, 0.3) is 0 Å². The predicted molar refractivity (Wildman–Crippen MR) is 87.6 cm³/mol. The second-order valence-corrected chi connectivity index (χ2v) is 7.18. The van der Waals surface area contributed by atoms with Crippen molar-refractivity contribution in [2.75, 3.05) is 13.1 Å². The number of amides is 1. The van der Waals surface area contributed by atoms with Crippen molar-refractivity contribution in [3.8, 4) is 0 Å². The van der Waals surface area contributed by atoms with Gasteiger partial charge in [-0.3, -0.25) is 0 Å². The van der Waals surface area contributed by atoms with Crippen molar-refractivity contribution < 1.29 is 13.2 Å². The maximum Gasteiger partial charge on any atom is 0.344 e. The SMILES string of the molecule is CCN(CC)C(=O)n1ccc(S(=O)(=O)c2c(C)cccc2Cl)n1. The molecule has 1 aromatic carbocycles. The van der Waals surface area contributed by atoms with Gasteiger partial charge >= 0.3 is 6.03 Å². The number of nitrogens with zero attached hydrogens (tertiary/aromatic N) is 3. The van der Waals surface area contributed by atoms with Crippen molar-refractivity contribution in [1.29, 1.82) is 0 Å². The highest BCUT2D eigenvalue weighted by Gasteiger charge is 2.26. The summed E-state index contributed by atoms with van der Waals surface area (Å²) < 4.78 is 26.5. The van der Waals surface area contributed by atoms with Gasteiger partial charge in [-0.2, -0.15) is 9.78 Å². The molecule has 23 heavy (non-hydrogen) atoms. The summed E-state index contributed by atoms with van der Waals surface area (Å²) in [6.45, 7) is 6.38. The fraction of sp³-hybridized carbons (Fsp3) is 0.333. The molecule has 0 atom stereocenters. The molecule has 1 amide bonds. The number of halogens is 1. The van der Waals surface area contributed by atoms with Crippen molar-refractivity contribution in [3.63, 3.8) is 0 Å². The Morgan fingerprint density at radius 2 is 1.91 bits per heavy atom. The summed E-state index contributed by atoms with van der Waals surface area (Å²) in [7, 11) is -3.89. The molecule has 2 aromatic rings. The van der Waals surface area contributed by atoms with Crippen molar-refractivity contribution in [1.82, 2.24) is 14.7 Å². The third kappa shape index (κ3) is 3.25. The number of benzene rings is 1. The first-order chi connectivity index (χ1) is 10.8. The van der Waals surface area contributed by atoms with E-state index in [1.54, 1.807) is 24.0 Å². The molecule has 0 aliphatic carbocycles. The minimum Gasteiger partial charge on any atom is -0.323 e. The molecule has 0 aliphatic rings. The maximum absolute atomic E-state index is 12.7. The monoisotopic (exact) mass is 355 g/mol. The highest BCUT2D eigenvalue weighted by Crippen LogP contribution is 2.29. The fourth-order valence-electron chi connectivity index (χ4n) is 2.26. The zero-order valence-electron chi connectivity index (χ0n) is 13.2. The molecule has 0 unspecified atom stereocenters. The van der Waals surface area contributed by atoms with Gasteiger partial charge in [-0.25, -0.2) is 13.2 Å². The molecule has 0 saturated carbocycles. The van der Waals surface area contributed by atoms with Crippen LogP contribution in [0.1, 0.15) is 19.4 Å². The van der Waals surface area contributed by atoms with Crippen LogP contribution in [-0.4, -0.2) is 42.2 Å². The molecule has 0 saturated heterocycles. The number of hydrogen-bond donors (Lipinski definition) is 0. The molecule has 2 rings (SSSR count). The lowest BCUT2D eigenvalue weighted by Crippen LogP contribution is -2.34. The van der Waals surface area contributed by atoms with E-state index >= 15 is 0 Å². The molecular weight excluding hydrogens is 338 g/mol. The van der Waals surface area contributed by atoms with Gasteiger partial charge in [-0.05, 0) is 38.5 Å². The molecule has 124 valence electrons. The summed E-state index contributed by atoms with van der Waals surface area (Å²) in [5.74, 6) is 0. The number of carbonyl (C=O) groups excluding carboxylic acids is 1. The summed E-state index contributed by atoms with van der Waals surface area (Å²) in [4.78, 5) is 13.8. The van der Waals surface area contributed by atoms with Crippen LogP contribution in [0.15, 0.2) is 40.4 Å². The Balaban J connectivity index is 2.46. The van der Waals surface area contributed by atoms with Crippen LogP contribution in [0.4, 0.5) is 4.79 Å². The lowest BCUT2D eigenvalue weighted by atomic mass is 10.2. The van der Waals surface area contributed by atoms with Gasteiger partial charge in [0.2, 0.25) is 9.84 Å². The lowest BCUT2D eigenvalue weighted by Gasteiger charge is -2.17. The van der Waals surface area contributed by atoms with E-state index in [4.69, 9.17) is 11.6 Å². The van der Waals surface area contributed by atoms with Crippen LogP contribution < -0.4 is 0 Å². The van der Waals surface area contributed by atoms with Crippen molar-refractivity contribution >= 4 is 27.5 Å². The number of sulfone groups is 1. The summed E-state index contributed by atoms with van der Waals surface area (Å²) in [5, 5.41) is 3.87. The van der Waals surface area contributed by atoms with Crippen LogP contribution >= 0.6 is 11.6 Å². The molecular formula is C15H18ClN3O3S. The molecule has 1 aromatic heterocycles. The summed E-state index contributed by atoms with van der Waals surface area (Å²) >= 11 is 6.04. The zero-order chi connectivity index (χ0) is 17.2. The van der Waals surface area contributed by atoms with E-state index in [9.17, 15) is 13.2 Å². The van der Waals surface area contributed by atoms with Crippen molar-refractivity contribution in [3.05, 3.63) is 41.0 Å². The van der Waals surface area contributed by atoms with Crippen LogP contribution in [0.2, 0.25) is 5.02 Å². The first kappa shape index (κ1) is 17.5. The number of hydrogen-bond acceptors (Lipinski definition) is 4. The molecule has 0 spiro atoms. The van der Waals surface area contributed by atoms with Gasteiger partial charge in [-0.15, -0.1) is 0 Å². The Bertz CT molecular complexity index is 806. The molecule has 0 aliphatic heterocycles. The smallest absolute Gasteiger partial charge is 0.323 e. The van der Waals surface area contributed by atoms with E-state index in [1.165, 1.54) is 18.3 Å². The maximum atomic E-state index is 12.7. The minimum absolute atomic E-state index is 0.0159. The molecule has 1 heterocycles. The van der Waals surface area contributed by atoms with E-state index in [1.807, 2.05) is 13.8 Å². The third-order valence-corrected chi connectivity index (χ3v) is 5.78. The zero-order valence-corrected chi connectivity index (χ0v) is 14.7. The number of carbonyl (C=O) groups is 1. The quantitative estimate of drug-likeness (QED) is 0.845. The van der Waals surface area contributed by atoms with E-state index in [0.717, 1.165) is 4.68 Å². The highest BCUT2D eigenvalue weighted by atomic mass is 35.5. The van der Waals surface area contributed by atoms with Crippen LogP contribution in [0, 0.1) is 6.92 Å². The summed E-state index contributed by atoms with van der Waals surface area (Å²) in [6.07, 6.45) is 1.35. The van der Waals surface area contributed by atoms with Gasteiger partial charge in [0.25, 0.3) is 0 Å². The Morgan fingerprint density at radius 3 is 2.48 bits per heavy atom. The molecule has 0 N–H and O–H groups in total. The average Bonchev–Trinajstić information content (AvgIpc) is 2.98. The van der Waals surface area contributed by atoms with Gasteiger partial charge in [-0.1, -0.05) is 23.7 Å². The topological polar surface area (TPSA) is 72.3 Å². The van der Waals surface area contributed by atoms with Crippen molar-refractivity contribution in [2.24, 2.45) is 0 Å². The fourth-order valence-corrected chi connectivity index (χ4v) is 4.25. The van der Waals surface area contributed by atoms with E-state index in [-0.39, 0.29) is 21.0 Å². The van der Waals surface area contributed by atoms with Gasteiger partial charge in [0.1, 0.15) is 0 Å². The minimum atomic E-state index is -3.89. The number of aromatic nitrogens is 2. The number of aryl methyl sites for hydroxylation is 1. The van der Waals surface area contributed by atoms with Crippen LogP contribution in [-0.2, 0) is 9.84 Å². The highest BCUT2D eigenvalue weighted by molar-refractivity contribution is 7.91. The largest absolute Gasteiger partial charge is 0.344 e. The standard InChI is InChI=1S/C15H18ClN3O3S/c1-4-18(5-2)15(20)19-10-9-13(17-19)23(21,22)14-11(3)7-6-8-12(14)16/h6-10H,4-5H2,1-3H3. The number of rotatable bonds is 4. The first-order valence-electron chi connectivity index (χ1n) is 7.18. The molecule has 0 radical (unpaired) electrons. The van der Waals surface area contributed by atoms with E-state index < -0.39 is 9.84 Å². The second-order valence-electron chi connectivity index (χ2n) is 4.94. The van der Waals surface area contributed by atoms with Gasteiger partial charge in [0, 0.05) is 19.3 Å². The average molecular weight is 356 g/mol. The van der Waals surface area contributed by atoms with Gasteiger partial charge in [0.05, 0.1) is 9.92 Å². The second kappa shape index (κ2) is 6.72. The van der Waals surface area contributed by atoms with Crippen molar-refractivity contribution in [2.45, 2.75) is 30.7 Å². The Kier molecular flexibility index (Phi) is 5.11. The van der Waals surface area contributed by atoms with Crippen LogP contribution in [0.3, 0.4) is 0 Å². The molecule has 8 heteroatoms.